The minimum absolute atomic E-state index is 0.0804. The second-order valence-electron chi connectivity index (χ2n) is 6.85. The summed E-state index contributed by atoms with van der Waals surface area (Å²) in [5.41, 5.74) is 1.31. The second-order valence-corrected chi connectivity index (χ2v) is 9.24. The normalized spacial score (nSPS) is 14.0. The molecule has 1 aliphatic rings. The maximum absolute atomic E-state index is 12.9. The molecule has 0 aliphatic heterocycles. The van der Waals surface area contributed by atoms with Crippen LogP contribution in [0, 0.1) is 10.1 Å². The molecular weight excluding hydrogens is 412 g/mol. The number of thiophene rings is 1. The van der Waals surface area contributed by atoms with Crippen molar-refractivity contribution in [3.8, 4) is 0 Å². The van der Waals surface area contributed by atoms with Crippen molar-refractivity contribution in [2.75, 3.05) is 5.32 Å². The molecule has 2 aromatic heterocycles. The maximum Gasteiger partial charge on any atom is 0.271 e. The zero-order chi connectivity index (χ0) is 20.7. The zero-order valence-corrected chi connectivity index (χ0v) is 17.4. The highest BCUT2D eigenvalue weighted by Gasteiger charge is 2.24. The molecule has 1 aliphatic carbocycles. The highest BCUT2D eigenvalue weighted by molar-refractivity contribution is 8.00. The first kappa shape index (κ1) is 19.6. The van der Waals surface area contributed by atoms with E-state index in [-0.39, 0.29) is 17.2 Å². The lowest BCUT2D eigenvalue weighted by Crippen LogP contribution is -2.25. The van der Waals surface area contributed by atoms with Crippen LogP contribution in [0.25, 0.3) is 10.2 Å². The summed E-state index contributed by atoms with van der Waals surface area (Å²) < 4.78 is 1.50. The Labute approximate surface area is 174 Å². The summed E-state index contributed by atoms with van der Waals surface area (Å²) >= 11 is 2.75. The topological polar surface area (TPSA) is 107 Å². The average molecular weight is 431 g/mol. The van der Waals surface area contributed by atoms with Crippen LogP contribution in [0.15, 0.2) is 34.2 Å². The number of benzene rings is 1. The number of thioether (sulfide) groups is 1. The summed E-state index contributed by atoms with van der Waals surface area (Å²) in [5.74, 6) is -0.321. The lowest BCUT2D eigenvalue weighted by atomic mass is 10.2. The summed E-state index contributed by atoms with van der Waals surface area (Å²) in [5, 5.41) is 14.2. The van der Waals surface area contributed by atoms with E-state index in [1.165, 1.54) is 39.4 Å². The van der Waals surface area contributed by atoms with Gasteiger partial charge in [-0.15, -0.1) is 11.3 Å². The smallest absolute Gasteiger partial charge is 0.271 e. The number of nitro groups is 1. The Kier molecular flexibility index (Phi) is 5.13. The number of carbonyl (C=O) groups excluding carboxylic acids is 1. The van der Waals surface area contributed by atoms with E-state index in [0.717, 1.165) is 29.7 Å². The molecule has 10 heteroatoms. The summed E-state index contributed by atoms with van der Waals surface area (Å²) in [7, 11) is 1.67. The van der Waals surface area contributed by atoms with Crippen LogP contribution < -0.4 is 10.9 Å². The maximum atomic E-state index is 12.9. The number of hydrogen-bond donors (Lipinski definition) is 1. The number of aromatic nitrogens is 2. The number of hydrogen-bond acceptors (Lipinski definition) is 7. The monoisotopic (exact) mass is 430 g/mol. The Morgan fingerprint density at radius 1 is 1.41 bits per heavy atom. The number of aryl methyl sites for hydroxylation is 2. The van der Waals surface area contributed by atoms with E-state index < -0.39 is 10.2 Å². The van der Waals surface area contributed by atoms with Crippen molar-refractivity contribution in [1.82, 2.24) is 9.55 Å². The molecule has 0 bridgehead atoms. The van der Waals surface area contributed by atoms with Gasteiger partial charge in [0.1, 0.15) is 4.83 Å². The Hall–Kier alpha value is -2.72. The van der Waals surface area contributed by atoms with Gasteiger partial charge in [-0.1, -0.05) is 17.8 Å². The van der Waals surface area contributed by atoms with Crippen molar-refractivity contribution in [3.05, 3.63) is 55.2 Å². The van der Waals surface area contributed by atoms with Crippen molar-refractivity contribution < 1.29 is 9.72 Å². The molecule has 150 valence electrons. The number of carbonyl (C=O) groups is 1. The zero-order valence-electron chi connectivity index (χ0n) is 15.8. The summed E-state index contributed by atoms with van der Waals surface area (Å²) in [4.78, 5) is 42.4. The van der Waals surface area contributed by atoms with Crippen LogP contribution in [0.2, 0.25) is 0 Å². The number of rotatable bonds is 5. The fourth-order valence-electron chi connectivity index (χ4n) is 3.36. The molecule has 2 heterocycles. The fourth-order valence-corrected chi connectivity index (χ4v) is 5.54. The standard InChI is InChI=1S/C19H18N4O4S2/c1-10(16(24)20-11-5-3-6-12(9-11)23(26)27)28-19-21-17-15(18(25)22(19)2)13-7-4-8-14(13)29-17/h3,5-6,9-10H,4,7-8H2,1-2H3,(H,20,24). The highest BCUT2D eigenvalue weighted by Crippen LogP contribution is 2.35. The molecule has 0 spiro atoms. The number of fused-ring (bicyclic) bond motifs is 3. The molecule has 0 saturated heterocycles. The lowest BCUT2D eigenvalue weighted by molar-refractivity contribution is -0.384. The molecule has 1 N–H and O–H groups in total. The van der Waals surface area contributed by atoms with Crippen LogP contribution in [-0.2, 0) is 24.7 Å². The molecule has 8 nitrogen and oxygen atoms in total. The Morgan fingerprint density at radius 2 is 2.21 bits per heavy atom. The van der Waals surface area contributed by atoms with Gasteiger partial charge in [-0.25, -0.2) is 4.98 Å². The van der Waals surface area contributed by atoms with Crippen LogP contribution in [0.4, 0.5) is 11.4 Å². The Morgan fingerprint density at radius 3 is 2.97 bits per heavy atom. The van der Waals surface area contributed by atoms with Crippen molar-refractivity contribution in [3.63, 3.8) is 0 Å². The predicted octanol–water partition coefficient (Wildman–Crippen LogP) is 3.51. The van der Waals surface area contributed by atoms with Crippen LogP contribution in [0.5, 0.6) is 0 Å². The molecule has 29 heavy (non-hydrogen) atoms. The number of nitrogens with zero attached hydrogens (tertiary/aromatic N) is 3. The Balaban J connectivity index is 1.56. The van der Waals surface area contributed by atoms with Gasteiger partial charge in [0.25, 0.3) is 11.2 Å². The van der Waals surface area contributed by atoms with Gasteiger partial charge < -0.3 is 5.32 Å². The van der Waals surface area contributed by atoms with Crippen molar-refractivity contribution >= 4 is 50.6 Å². The van der Waals surface area contributed by atoms with Crippen LogP contribution >= 0.6 is 23.1 Å². The first-order chi connectivity index (χ1) is 13.8. The first-order valence-corrected chi connectivity index (χ1v) is 10.8. The van der Waals surface area contributed by atoms with E-state index in [0.29, 0.717) is 16.2 Å². The van der Waals surface area contributed by atoms with E-state index in [1.54, 1.807) is 31.4 Å². The molecule has 1 aromatic carbocycles. The van der Waals surface area contributed by atoms with Gasteiger partial charge in [0.05, 0.1) is 15.6 Å². The highest BCUT2D eigenvalue weighted by atomic mass is 32.2. The molecule has 0 saturated carbocycles. The molecule has 1 unspecified atom stereocenters. The minimum atomic E-state index is -0.545. The second kappa shape index (κ2) is 7.60. The van der Waals surface area contributed by atoms with Gasteiger partial charge in [-0.2, -0.15) is 0 Å². The average Bonchev–Trinajstić information content (AvgIpc) is 3.26. The molecular formula is C19H18N4O4S2. The van der Waals surface area contributed by atoms with Crippen molar-refractivity contribution in [2.45, 2.75) is 36.6 Å². The number of nitrogens with one attached hydrogen (secondary N) is 1. The molecule has 0 radical (unpaired) electrons. The fraction of sp³-hybridized carbons (Fsp3) is 0.316. The summed E-state index contributed by atoms with van der Waals surface area (Å²) in [6.45, 7) is 1.71. The number of nitro benzene ring substituents is 1. The first-order valence-electron chi connectivity index (χ1n) is 9.08. The van der Waals surface area contributed by atoms with Gasteiger partial charge in [-0.3, -0.25) is 24.3 Å². The number of non-ortho nitro benzene ring substituents is 1. The van der Waals surface area contributed by atoms with Crippen molar-refractivity contribution in [2.24, 2.45) is 7.05 Å². The third-order valence-electron chi connectivity index (χ3n) is 4.88. The van der Waals surface area contributed by atoms with Crippen LogP contribution in [0.1, 0.15) is 23.8 Å². The van der Waals surface area contributed by atoms with E-state index >= 15 is 0 Å². The van der Waals surface area contributed by atoms with Gasteiger partial charge in [0, 0.05) is 29.7 Å². The SMILES string of the molecule is CC(Sc1nc2sc3c(c2c(=O)n1C)CCC3)C(=O)Nc1cccc([N+](=O)[O-])c1. The molecule has 0 fully saturated rings. The molecule has 3 aromatic rings. The quantitative estimate of drug-likeness (QED) is 0.287. The third-order valence-corrected chi connectivity index (χ3v) is 7.21. The number of anilines is 1. The van der Waals surface area contributed by atoms with Gasteiger partial charge in [-0.05, 0) is 37.8 Å². The summed E-state index contributed by atoms with van der Waals surface area (Å²) in [6.07, 6.45) is 2.98. The minimum Gasteiger partial charge on any atom is -0.325 e. The van der Waals surface area contributed by atoms with Gasteiger partial charge in [0.15, 0.2) is 5.16 Å². The van der Waals surface area contributed by atoms with Crippen LogP contribution in [0.3, 0.4) is 0 Å². The van der Waals surface area contributed by atoms with E-state index in [2.05, 4.69) is 10.3 Å². The Bertz CT molecular complexity index is 1200. The van der Waals surface area contributed by atoms with E-state index in [1.807, 2.05) is 0 Å². The van der Waals surface area contributed by atoms with E-state index in [4.69, 9.17) is 0 Å². The molecule has 4 rings (SSSR count). The number of amides is 1. The third kappa shape index (κ3) is 3.65. The van der Waals surface area contributed by atoms with Crippen molar-refractivity contribution in [1.29, 1.82) is 0 Å². The van der Waals surface area contributed by atoms with E-state index in [9.17, 15) is 19.7 Å². The summed E-state index contributed by atoms with van der Waals surface area (Å²) in [6, 6.07) is 5.78. The lowest BCUT2D eigenvalue weighted by Gasteiger charge is -2.13. The predicted molar refractivity (Wildman–Crippen MR) is 114 cm³/mol. The largest absolute Gasteiger partial charge is 0.325 e. The van der Waals surface area contributed by atoms with Crippen LogP contribution in [-0.4, -0.2) is 25.6 Å². The molecule has 1 atom stereocenters. The van der Waals surface area contributed by atoms with Gasteiger partial charge in [0.2, 0.25) is 5.91 Å². The molecule has 1 amide bonds. The van der Waals surface area contributed by atoms with Gasteiger partial charge >= 0.3 is 0 Å².